The normalized spacial score (nSPS) is 9.52. The summed E-state index contributed by atoms with van der Waals surface area (Å²) in [6, 6.07) is 10.3. The maximum atomic E-state index is 12.9. The molecule has 1 aromatic heterocycles. The standard InChI is InChI=1S/C9H11N.C8H7ClFN/c1-7(2)9-6-4-5-8(3)10-9;1-5(11)8-6(9)3-2-4-7(8)10/h4-6H,1H2,2-3H3;2-4H,1,11H2. The van der Waals surface area contributed by atoms with Gasteiger partial charge in [-0.2, -0.15) is 0 Å². The van der Waals surface area contributed by atoms with Crippen molar-refractivity contribution in [3.05, 3.63) is 77.3 Å². The van der Waals surface area contributed by atoms with Gasteiger partial charge in [0.25, 0.3) is 0 Å². The number of hydrogen-bond donors (Lipinski definition) is 1. The van der Waals surface area contributed by atoms with Crippen LogP contribution in [0.2, 0.25) is 5.02 Å². The minimum atomic E-state index is -0.440. The third-order valence-corrected chi connectivity index (χ3v) is 2.92. The number of nitrogens with zero attached hydrogens (tertiary/aromatic N) is 1. The zero-order chi connectivity index (χ0) is 16.0. The van der Waals surface area contributed by atoms with Gasteiger partial charge in [0.2, 0.25) is 0 Å². The summed E-state index contributed by atoms with van der Waals surface area (Å²) in [5.41, 5.74) is 8.68. The molecule has 2 aromatic rings. The maximum absolute atomic E-state index is 12.9. The Balaban J connectivity index is 0.000000211. The smallest absolute Gasteiger partial charge is 0.133 e. The average Bonchev–Trinajstić information content (AvgIpc) is 2.38. The first-order valence-electron chi connectivity index (χ1n) is 6.31. The molecule has 0 fully saturated rings. The molecule has 0 spiro atoms. The zero-order valence-corrected chi connectivity index (χ0v) is 12.9. The van der Waals surface area contributed by atoms with Gasteiger partial charge in [-0.3, -0.25) is 4.98 Å². The second kappa shape index (κ2) is 7.60. The molecule has 0 atom stereocenters. The number of benzene rings is 1. The molecule has 0 aliphatic rings. The molecule has 1 aromatic carbocycles. The lowest BCUT2D eigenvalue weighted by Gasteiger charge is -2.02. The van der Waals surface area contributed by atoms with Gasteiger partial charge < -0.3 is 5.73 Å². The molecule has 2 rings (SSSR count). The molecular formula is C17H18ClFN2. The molecule has 2 N–H and O–H groups in total. The summed E-state index contributed by atoms with van der Waals surface area (Å²) < 4.78 is 12.9. The van der Waals surface area contributed by atoms with Crippen molar-refractivity contribution in [3.63, 3.8) is 0 Å². The van der Waals surface area contributed by atoms with E-state index in [0.29, 0.717) is 0 Å². The fraction of sp³-hybridized carbons (Fsp3) is 0.118. The molecule has 1 heterocycles. The second-order valence-corrected chi connectivity index (χ2v) is 4.97. The van der Waals surface area contributed by atoms with Crippen LogP contribution in [0.4, 0.5) is 4.39 Å². The number of hydrogen-bond acceptors (Lipinski definition) is 2. The van der Waals surface area contributed by atoms with E-state index in [1.165, 1.54) is 12.1 Å². The summed E-state index contributed by atoms with van der Waals surface area (Å²) in [6.45, 7) is 11.1. The minimum Gasteiger partial charge on any atom is -0.399 e. The molecule has 0 aliphatic carbocycles. The van der Waals surface area contributed by atoms with Gasteiger partial charge in [-0.05, 0) is 43.7 Å². The number of rotatable bonds is 2. The fourth-order valence-electron chi connectivity index (χ4n) is 1.59. The molecule has 110 valence electrons. The quantitative estimate of drug-likeness (QED) is 0.863. The Labute approximate surface area is 129 Å². The summed E-state index contributed by atoms with van der Waals surface area (Å²) in [4.78, 5) is 4.27. The fourth-order valence-corrected chi connectivity index (χ4v) is 1.87. The lowest BCUT2D eigenvalue weighted by atomic mass is 10.2. The molecule has 0 bridgehead atoms. The van der Waals surface area contributed by atoms with Gasteiger partial charge in [-0.1, -0.05) is 36.9 Å². The van der Waals surface area contributed by atoms with Crippen LogP contribution in [0, 0.1) is 12.7 Å². The lowest BCUT2D eigenvalue weighted by Crippen LogP contribution is -1.97. The molecule has 0 unspecified atom stereocenters. The molecule has 0 saturated carbocycles. The topological polar surface area (TPSA) is 38.9 Å². The second-order valence-electron chi connectivity index (χ2n) is 4.57. The van der Waals surface area contributed by atoms with Crippen molar-refractivity contribution >= 4 is 22.9 Å². The first-order valence-corrected chi connectivity index (χ1v) is 6.69. The van der Waals surface area contributed by atoms with E-state index >= 15 is 0 Å². The Morgan fingerprint density at radius 2 is 1.81 bits per heavy atom. The Morgan fingerprint density at radius 3 is 2.19 bits per heavy atom. The Kier molecular flexibility index (Phi) is 6.12. The van der Waals surface area contributed by atoms with Crippen LogP contribution < -0.4 is 5.73 Å². The predicted octanol–water partition coefficient (Wildman–Crippen LogP) is 4.83. The number of allylic oxidation sites excluding steroid dienone is 1. The zero-order valence-electron chi connectivity index (χ0n) is 12.2. The number of aryl methyl sites for hydroxylation is 1. The number of pyridine rings is 1. The first kappa shape index (κ1) is 16.9. The van der Waals surface area contributed by atoms with Crippen molar-refractivity contribution in [2.24, 2.45) is 5.73 Å². The number of nitrogens with two attached hydrogens (primary N) is 1. The maximum Gasteiger partial charge on any atom is 0.133 e. The highest BCUT2D eigenvalue weighted by atomic mass is 35.5. The van der Waals surface area contributed by atoms with Gasteiger partial charge in [-0.25, -0.2) is 4.39 Å². The SMILES string of the molecule is C=C(C)c1cccc(C)n1.C=C(N)c1c(F)cccc1Cl. The van der Waals surface area contributed by atoms with E-state index in [9.17, 15) is 4.39 Å². The van der Waals surface area contributed by atoms with Crippen molar-refractivity contribution in [2.45, 2.75) is 13.8 Å². The van der Waals surface area contributed by atoms with Gasteiger partial charge in [0.15, 0.2) is 0 Å². The van der Waals surface area contributed by atoms with Gasteiger partial charge in [0.05, 0.1) is 16.3 Å². The van der Waals surface area contributed by atoms with E-state index < -0.39 is 5.82 Å². The summed E-state index contributed by atoms with van der Waals surface area (Å²) >= 11 is 5.64. The van der Waals surface area contributed by atoms with E-state index in [0.717, 1.165) is 17.0 Å². The summed E-state index contributed by atoms with van der Waals surface area (Å²) in [6.07, 6.45) is 0. The molecule has 0 aliphatic heterocycles. The van der Waals surface area contributed by atoms with E-state index in [4.69, 9.17) is 17.3 Å². The molecule has 0 amide bonds. The van der Waals surface area contributed by atoms with Gasteiger partial charge >= 0.3 is 0 Å². The van der Waals surface area contributed by atoms with Crippen molar-refractivity contribution in [1.82, 2.24) is 4.98 Å². The van der Waals surface area contributed by atoms with Crippen molar-refractivity contribution in [1.29, 1.82) is 0 Å². The monoisotopic (exact) mass is 304 g/mol. The van der Waals surface area contributed by atoms with E-state index in [-0.39, 0.29) is 16.3 Å². The third kappa shape index (κ3) is 5.04. The highest BCUT2D eigenvalue weighted by Gasteiger charge is 2.06. The highest BCUT2D eigenvalue weighted by molar-refractivity contribution is 6.32. The molecule has 0 saturated heterocycles. The van der Waals surface area contributed by atoms with Crippen LogP contribution in [-0.4, -0.2) is 4.98 Å². The highest BCUT2D eigenvalue weighted by Crippen LogP contribution is 2.22. The molecule has 21 heavy (non-hydrogen) atoms. The van der Waals surface area contributed by atoms with Crippen LogP contribution in [0.15, 0.2) is 49.6 Å². The Bertz CT molecular complexity index is 645. The van der Waals surface area contributed by atoms with E-state index in [2.05, 4.69) is 18.1 Å². The van der Waals surface area contributed by atoms with E-state index in [1.807, 2.05) is 32.0 Å². The van der Waals surface area contributed by atoms with Crippen LogP contribution >= 0.6 is 11.6 Å². The van der Waals surface area contributed by atoms with Crippen molar-refractivity contribution in [2.75, 3.05) is 0 Å². The number of halogens is 2. The molecule has 4 heteroatoms. The third-order valence-electron chi connectivity index (χ3n) is 2.61. The van der Waals surface area contributed by atoms with Crippen LogP contribution in [0.3, 0.4) is 0 Å². The number of aromatic nitrogens is 1. The predicted molar refractivity (Wildman–Crippen MR) is 88.3 cm³/mol. The van der Waals surface area contributed by atoms with Gasteiger partial charge in [0.1, 0.15) is 5.82 Å². The Hall–Kier alpha value is -2.13. The van der Waals surface area contributed by atoms with Gasteiger partial charge in [-0.15, -0.1) is 0 Å². The van der Waals surface area contributed by atoms with Crippen LogP contribution in [0.1, 0.15) is 23.9 Å². The molecule has 0 radical (unpaired) electrons. The van der Waals surface area contributed by atoms with Crippen LogP contribution in [-0.2, 0) is 0 Å². The van der Waals surface area contributed by atoms with Crippen LogP contribution in [0.25, 0.3) is 11.3 Å². The summed E-state index contributed by atoms with van der Waals surface area (Å²) in [5.74, 6) is -0.440. The first-order chi connectivity index (χ1) is 9.82. The van der Waals surface area contributed by atoms with Crippen LogP contribution in [0.5, 0.6) is 0 Å². The minimum absolute atomic E-state index is 0.146. The van der Waals surface area contributed by atoms with Crippen molar-refractivity contribution in [3.8, 4) is 0 Å². The summed E-state index contributed by atoms with van der Waals surface area (Å²) in [5, 5.41) is 0.289. The molecular weight excluding hydrogens is 287 g/mol. The summed E-state index contributed by atoms with van der Waals surface area (Å²) in [7, 11) is 0. The Morgan fingerprint density at radius 1 is 1.19 bits per heavy atom. The average molecular weight is 305 g/mol. The van der Waals surface area contributed by atoms with E-state index in [1.54, 1.807) is 6.07 Å². The van der Waals surface area contributed by atoms with Gasteiger partial charge in [0, 0.05) is 11.4 Å². The largest absolute Gasteiger partial charge is 0.399 e. The molecule has 2 nitrogen and oxygen atoms in total. The van der Waals surface area contributed by atoms with Crippen molar-refractivity contribution < 1.29 is 4.39 Å². The lowest BCUT2D eigenvalue weighted by molar-refractivity contribution is 0.624.